The standard InChI is InChI=1S/C29H29F8NO6S/c1-17-15-21(7-8-22(17)30)45(42,43)26(19-3-5-20(6-4-19)27(31,28(32,33)34)29(35,36)37)13-14-38(16-26)24(41)25(44-2)11-9-18(10-12-25)23(39)40/h3-8,15,18H,9-14,16H2,1-2H3,(H,39,40)/t18?,25?,26-/m1/s1. The molecule has 16 heteroatoms. The highest BCUT2D eigenvalue weighted by Crippen LogP contribution is 2.54. The summed E-state index contributed by atoms with van der Waals surface area (Å²) < 4.78 is 141. The van der Waals surface area contributed by atoms with Crippen molar-refractivity contribution in [1.82, 2.24) is 4.90 Å². The lowest BCUT2D eigenvalue weighted by Crippen LogP contribution is -2.53. The van der Waals surface area contributed by atoms with Gasteiger partial charge < -0.3 is 14.7 Å². The SMILES string of the molecule is COC1(C(=O)N2CC[C@@](c3ccc(C(F)(C(F)(F)F)C(F)(F)F)cc3)(S(=O)(=O)c3ccc(F)c(C)c3)C2)CCC(C(=O)O)CC1. The van der Waals surface area contributed by atoms with Crippen LogP contribution in [0.15, 0.2) is 47.4 Å². The number of nitrogens with zero attached hydrogens (tertiary/aromatic N) is 1. The van der Waals surface area contributed by atoms with Crippen molar-refractivity contribution in [3.63, 3.8) is 0 Å². The van der Waals surface area contributed by atoms with Gasteiger partial charge in [0, 0.05) is 25.8 Å². The second-order valence-electron chi connectivity index (χ2n) is 11.4. The molecule has 248 valence electrons. The highest BCUT2D eigenvalue weighted by molar-refractivity contribution is 7.92. The Morgan fingerprint density at radius 3 is 1.96 bits per heavy atom. The molecular formula is C29H29F8NO6S. The molecule has 0 spiro atoms. The summed E-state index contributed by atoms with van der Waals surface area (Å²) in [5.41, 5.74) is -9.48. The van der Waals surface area contributed by atoms with Gasteiger partial charge in [-0.05, 0) is 68.4 Å². The van der Waals surface area contributed by atoms with Crippen molar-refractivity contribution in [2.45, 2.75) is 72.3 Å². The number of rotatable bonds is 7. The fourth-order valence-electron chi connectivity index (χ4n) is 6.19. The highest BCUT2D eigenvalue weighted by Gasteiger charge is 2.73. The first kappa shape index (κ1) is 34.6. The Morgan fingerprint density at radius 1 is 0.933 bits per heavy atom. The number of benzene rings is 2. The number of aliphatic carboxylic acids is 1. The van der Waals surface area contributed by atoms with E-state index < -0.39 is 78.8 Å². The van der Waals surface area contributed by atoms with E-state index in [2.05, 4.69) is 0 Å². The number of carbonyl (C=O) groups excluding carboxylic acids is 1. The van der Waals surface area contributed by atoms with Crippen molar-refractivity contribution < 1.29 is 63.0 Å². The van der Waals surface area contributed by atoms with Gasteiger partial charge in [-0.15, -0.1) is 0 Å². The number of likely N-dealkylation sites (tertiary alicyclic amines) is 1. The van der Waals surface area contributed by atoms with E-state index in [1.807, 2.05) is 0 Å². The van der Waals surface area contributed by atoms with Gasteiger partial charge in [0.05, 0.1) is 10.8 Å². The molecule has 0 unspecified atom stereocenters. The molecule has 2 aromatic rings. The quantitative estimate of drug-likeness (QED) is 0.287. The first-order chi connectivity index (χ1) is 20.7. The molecule has 1 atom stereocenters. The van der Waals surface area contributed by atoms with Crippen molar-refractivity contribution in [3.8, 4) is 0 Å². The van der Waals surface area contributed by atoms with Crippen LogP contribution >= 0.6 is 0 Å². The average Bonchev–Trinajstić information content (AvgIpc) is 3.44. The van der Waals surface area contributed by atoms with Crippen LogP contribution in [0.2, 0.25) is 0 Å². The number of methoxy groups -OCH3 is 1. The third kappa shape index (κ3) is 5.57. The molecule has 0 aromatic heterocycles. The fraction of sp³-hybridized carbons (Fsp3) is 0.517. The number of sulfone groups is 1. The topological polar surface area (TPSA) is 101 Å². The predicted molar refractivity (Wildman–Crippen MR) is 142 cm³/mol. The highest BCUT2D eigenvalue weighted by atomic mass is 32.2. The zero-order valence-corrected chi connectivity index (χ0v) is 24.8. The number of carbonyl (C=O) groups is 2. The number of carboxylic acids is 1. The predicted octanol–water partition coefficient (Wildman–Crippen LogP) is 5.99. The van der Waals surface area contributed by atoms with Crippen molar-refractivity contribution in [1.29, 1.82) is 0 Å². The van der Waals surface area contributed by atoms with Crippen LogP contribution < -0.4 is 0 Å². The smallest absolute Gasteiger partial charge is 0.435 e. The lowest BCUT2D eigenvalue weighted by molar-refractivity contribution is -0.348. The van der Waals surface area contributed by atoms with Crippen LogP contribution in [0, 0.1) is 18.7 Å². The van der Waals surface area contributed by atoms with E-state index in [-0.39, 0.29) is 61.9 Å². The first-order valence-electron chi connectivity index (χ1n) is 13.7. The number of halogens is 8. The van der Waals surface area contributed by atoms with Gasteiger partial charge in [0.25, 0.3) is 5.91 Å². The zero-order valence-electron chi connectivity index (χ0n) is 23.9. The molecule has 1 saturated carbocycles. The Kier molecular flexibility index (Phi) is 8.85. The minimum Gasteiger partial charge on any atom is -0.481 e. The normalized spacial score (nSPS) is 24.9. The second kappa shape index (κ2) is 11.5. The molecule has 2 aromatic carbocycles. The Labute approximate surface area is 253 Å². The molecule has 1 aliphatic heterocycles. The molecule has 1 saturated heterocycles. The fourth-order valence-corrected chi connectivity index (χ4v) is 8.35. The summed E-state index contributed by atoms with van der Waals surface area (Å²) >= 11 is 0. The number of hydrogen-bond acceptors (Lipinski definition) is 5. The zero-order chi connectivity index (χ0) is 33.8. The summed E-state index contributed by atoms with van der Waals surface area (Å²) in [6.07, 6.45) is -13.0. The van der Waals surface area contributed by atoms with E-state index >= 15 is 0 Å². The Morgan fingerprint density at radius 2 is 1.49 bits per heavy atom. The minimum absolute atomic E-state index is 0.00509. The molecule has 1 N–H and O–H groups in total. The van der Waals surface area contributed by atoms with E-state index in [4.69, 9.17) is 4.74 Å². The van der Waals surface area contributed by atoms with Crippen molar-refractivity contribution in [2.24, 2.45) is 5.92 Å². The van der Waals surface area contributed by atoms with Gasteiger partial charge in [0.15, 0.2) is 9.84 Å². The Bertz CT molecular complexity index is 1550. The molecule has 4 rings (SSSR count). The maximum absolute atomic E-state index is 14.7. The maximum atomic E-state index is 14.7. The van der Waals surface area contributed by atoms with E-state index in [9.17, 15) is 58.2 Å². The number of carboxylic acid groups (broad SMARTS) is 1. The summed E-state index contributed by atoms with van der Waals surface area (Å²) in [6.45, 7) is 0.410. The molecule has 2 aliphatic rings. The van der Waals surface area contributed by atoms with Crippen LogP contribution in [0.25, 0.3) is 0 Å². The van der Waals surface area contributed by atoms with Gasteiger partial charge in [0.1, 0.15) is 16.2 Å². The molecule has 1 heterocycles. The summed E-state index contributed by atoms with van der Waals surface area (Å²) in [5.74, 6) is -3.19. The summed E-state index contributed by atoms with van der Waals surface area (Å²) in [7, 11) is -3.42. The Balaban J connectivity index is 1.81. The molecule has 45 heavy (non-hydrogen) atoms. The molecule has 0 radical (unpaired) electrons. The monoisotopic (exact) mass is 671 g/mol. The van der Waals surface area contributed by atoms with Crippen LogP contribution in [0.5, 0.6) is 0 Å². The van der Waals surface area contributed by atoms with Crippen LogP contribution in [0.4, 0.5) is 35.1 Å². The molecule has 1 amide bonds. The summed E-state index contributed by atoms with van der Waals surface area (Å²) in [4.78, 5) is 26.0. The second-order valence-corrected chi connectivity index (χ2v) is 13.7. The third-order valence-electron chi connectivity index (χ3n) is 8.99. The number of hydrogen-bond donors (Lipinski definition) is 1. The Hall–Kier alpha value is -3.27. The van der Waals surface area contributed by atoms with E-state index in [0.29, 0.717) is 12.1 Å². The maximum Gasteiger partial charge on any atom is 0.435 e. The van der Waals surface area contributed by atoms with Gasteiger partial charge in [-0.1, -0.05) is 24.3 Å². The first-order valence-corrected chi connectivity index (χ1v) is 15.2. The lowest BCUT2D eigenvalue weighted by Gasteiger charge is -2.39. The minimum atomic E-state index is -6.40. The van der Waals surface area contributed by atoms with Crippen molar-refractivity contribution in [3.05, 3.63) is 65.0 Å². The number of ether oxygens (including phenoxy) is 1. The third-order valence-corrected chi connectivity index (χ3v) is 11.5. The van der Waals surface area contributed by atoms with E-state index in [0.717, 1.165) is 23.1 Å². The van der Waals surface area contributed by atoms with Gasteiger partial charge in [-0.2, -0.15) is 26.3 Å². The number of amides is 1. The molecule has 2 fully saturated rings. The molecule has 0 bridgehead atoms. The summed E-state index contributed by atoms with van der Waals surface area (Å²) in [6, 6.07) is 4.54. The van der Waals surface area contributed by atoms with Crippen molar-refractivity contribution >= 4 is 21.7 Å². The van der Waals surface area contributed by atoms with Gasteiger partial charge in [-0.25, -0.2) is 17.2 Å². The largest absolute Gasteiger partial charge is 0.481 e. The van der Waals surface area contributed by atoms with Gasteiger partial charge >= 0.3 is 24.0 Å². The molecule has 7 nitrogen and oxygen atoms in total. The lowest BCUT2D eigenvalue weighted by atomic mass is 9.78. The molecular weight excluding hydrogens is 642 g/mol. The average molecular weight is 672 g/mol. The number of alkyl halides is 7. The van der Waals surface area contributed by atoms with Crippen LogP contribution in [-0.4, -0.2) is 68.5 Å². The van der Waals surface area contributed by atoms with E-state index in [1.165, 1.54) is 14.0 Å². The van der Waals surface area contributed by atoms with Gasteiger partial charge in [-0.3, -0.25) is 9.59 Å². The van der Waals surface area contributed by atoms with E-state index in [1.54, 1.807) is 0 Å². The van der Waals surface area contributed by atoms with Crippen LogP contribution in [-0.2, 0) is 34.6 Å². The number of aryl methyl sites for hydroxylation is 1. The summed E-state index contributed by atoms with van der Waals surface area (Å²) in [5, 5.41) is 9.34. The van der Waals surface area contributed by atoms with Crippen LogP contribution in [0.1, 0.15) is 48.8 Å². The van der Waals surface area contributed by atoms with Crippen LogP contribution in [0.3, 0.4) is 0 Å². The van der Waals surface area contributed by atoms with Gasteiger partial charge in [0.2, 0.25) is 0 Å². The van der Waals surface area contributed by atoms with Crippen molar-refractivity contribution in [2.75, 3.05) is 20.2 Å². The molecule has 1 aliphatic carbocycles.